The number of carbonyl (C=O) groups excluding carboxylic acids is 1. The number of nitrogens with one attached hydrogen (secondary N) is 1. The zero-order chi connectivity index (χ0) is 18.5. The summed E-state index contributed by atoms with van der Waals surface area (Å²) in [7, 11) is 0. The second kappa shape index (κ2) is 7.93. The van der Waals surface area contributed by atoms with Gasteiger partial charge in [0.1, 0.15) is 5.01 Å². The van der Waals surface area contributed by atoms with Gasteiger partial charge in [0.2, 0.25) is 5.91 Å². The summed E-state index contributed by atoms with van der Waals surface area (Å²) in [6.07, 6.45) is 0.0406. The number of hydrogen-bond donors (Lipinski definition) is 2. The van der Waals surface area contributed by atoms with Gasteiger partial charge in [0.25, 0.3) is 0 Å². The Morgan fingerprint density at radius 2 is 1.92 bits per heavy atom. The van der Waals surface area contributed by atoms with E-state index in [-0.39, 0.29) is 12.3 Å². The maximum Gasteiger partial charge on any atom is 0.330 e. The molecule has 26 heavy (non-hydrogen) atoms. The van der Waals surface area contributed by atoms with Crippen molar-refractivity contribution in [2.24, 2.45) is 0 Å². The molecule has 132 valence electrons. The van der Waals surface area contributed by atoms with Crippen molar-refractivity contribution in [3.8, 4) is 10.6 Å². The van der Waals surface area contributed by atoms with Crippen molar-refractivity contribution in [1.29, 1.82) is 0 Å². The predicted octanol–water partition coefficient (Wildman–Crippen LogP) is 3.60. The Kier molecular flexibility index (Phi) is 5.43. The van der Waals surface area contributed by atoms with Gasteiger partial charge in [0, 0.05) is 10.9 Å². The van der Waals surface area contributed by atoms with Crippen LogP contribution in [0.3, 0.4) is 0 Å². The Morgan fingerprint density at radius 3 is 2.62 bits per heavy atom. The molecule has 1 heterocycles. The number of aliphatic carboxylic acids is 1. The second-order valence-electron chi connectivity index (χ2n) is 5.94. The lowest BCUT2D eigenvalue weighted by atomic mass is 10.1. The van der Waals surface area contributed by atoms with Crippen molar-refractivity contribution in [3.63, 3.8) is 0 Å². The molecule has 0 aliphatic carbocycles. The highest BCUT2D eigenvalue weighted by Gasteiger charge is 2.22. The quantitative estimate of drug-likeness (QED) is 0.699. The van der Waals surface area contributed by atoms with Crippen molar-refractivity contribution in [2.45, 2.75) is 19.4 Å². The molecule has 0 aliphatic rings. The number of hydrogen-bond acceptors (Lipinski definition) is 4. The van der Waals surface area contributed by atoms with Crippen molar-refractivity contribution in [3.05, 3.63) is 76.8 Å². The first kappa shape index (κ1) is 17.8. The van der Waals surface area contributed by atoms with Crippen molar-refractivity contribution in [1.82, 2.24) is 10.3 Å². The molecule has 0 saturated carbocycles. The predicted molar refractivity (Wildman–Crippen MR) is 101 cm³/mol. The van der Waals surface area contributed by atoms with Crippen molar-refractivity contribution >= 4 is 23.2 Å². The van der Waals surface area contributed by atoms with Crippen LogP contribution in [-0.4, -0.2) is 22.0 Å². The Bertz CT molecular complexity index is 922. The summed E-state index contributed by atoms with van der Waals surface area (Å²) in [4.78, 5) is 28.3. The van der Waals surface area contributed by atoms with Gasteiger partial charge >= 0.3 is 5.97 Å². The van der Waals surface area contributed by atoms with Gasteiger partial charge in [-0.25, -0.2) is 9.78 Å². The van der Waals surface area contributed by atoms with E-state index in [4.69, 9.17) is 0 Å². The Labute approximate surface area is 155 Å². The summed E-state index contributed by atoms with van der Waals surface area (Å²) in [5, 5.41) is 14.6. The van der Waals surface area contributed by atoms with Crippen molar-refractivity contribution < 1.29 is 14.7 Å². The summed E-state index contributed by atoms with van der Waals surface area (Å²) in [6, 6.07) is 15.6. The van der Waals surface area contributed by atoms with Crippen LogP contribution >= 0.6 is 11.3 Å². The third kappa shape index (κ3) is 4.34. The third-order valence-electron chi connectivity index (χ3n) is 3.84. The first-order valence-electron chi connectivity index (χ1n) is 8.11. The number of rotatable bonds is 6. The average Bonchev–Trinajstić information content (AvgIpc) is 3.08. The van der Waals surface area contributed by atoms with Crippen LogP contribution in [0.1, 0.15) is 22.9 Å². The number of nitrogens with zero attached hydrogens (tertiary/aromatic N) is 1. The van der Waals surface area contributed by atoms with Crippen LogP contribution in [0, 0.1) is 6.92 Å². The SMILES string of the molecule is Cc1cccc(-c2nc(CC(=O)N[C@H](C(=O)O)c3ccccc3)cs2)c1. The smallest absolute Gasteiger partial charge is 0.330 e. The molecule has 2 aromatic carbocycles. The number of aryl methyl sites for hydroxylation is 1. The van der Waals surface area contributed by atoms with Crippen LogP contribution in [0.2, 0.25) is 0 Å². The summed E-state index contributed by atoms with van der Waals surface area (Å²) < 4.78 is 0. The lowest BCUT2D eigenvalue weighted by Crippen LogP contribution is -2.34. The maximum atomic E-state index is 12.3. The molecule has 3 rings (SSSR count). The molecule has 0 saturated heterocycles. The molecular formula is C20H18N2O3S. The minimum atomic E-state index is -1.09. The van der Waals surface area contributed by atoms with E-state index >= 15 is 0 Å². The standard InChI is InChI=1S/C20H18N2O3S/c1-13-6-5-9-15(10-13)19-21-16(12-26-19)11-17(23)22-18(20(24)25)14-7-3-2-4-8-14/h2-10,12,18H,11H2,1H3,(H,22,23)(H,24,25)/t18-/m0/s1. The monoisotopic (exact) mass is 366 g/mol. The molecule has 1 atom stereocenters. The van der Waals surface area contributed by atoms with Gasteiger partial charge in [-0.2, -0.15) is 0 Å². The summed E-state index contributed by atoms with van der Waals surface area (Å²) in [5.41, 5.74) is 3.31. The van der Waals surface area contributed by atoms with Gasteiger partial charge < -0.3 is 10.4 Å². The van der Waals surface area contributed by atoms with E-state index in [0.29, 0.717) is 11.3 Å². The van der Waals surface area contributed by atoms with E-state index < -0.39 is 12.0 Å². The largest absolute Gasteiger partial charge is 0.479 e. The molecule has 6 heteroatoms. The first-order chi connectivity index (χ1) is 12.5. The molecule has 0 bridgehead atoms. The molecule has 0 radical (unpaired) electrons. The molecular weight excluding hydrogens is 348 g/mol. The van der Waals surface area contributed by atoms with Crippen LogP contribution in [0.25, 0.3) is 10.6 Å². The Morgan fingerprint density at radius 1 is 1.15 bits per heavy atom. The normalized spacial score (nSPS) is 11.7. The average molecular weight is 366 g/mol. The van der Waals surface area contributed by atoms with Gasteiger partial charge in [0.05, 0.1) is 12.1 Å². The molecule has 0 spiro atoms. The van der Waals surface area contributed by atoms with Gasteiger partial charge in [0.15, 0.2) is 6.04 Å². The zero-order valence-corrected chi connectivity index (χ0v) is 15.0. The summed E-state index contributed by atoms with van der Waals surface area (Å²) >= 11 is 1.47. The van der Waals surface area contributed by atoms with Gasteiger partial charge in [-0.1, -0.05) is 54.1 Å². The van der Waals surface area contributed by atoms with Crippen LogP contribution in [0.15, 0.2) is 60.0 Å². The van der Waals surface area contributed by atoms with Crippen LogP contribution in [-0.2, 0) is 16.0 Å². The van der Waals surface area contributed by atoms with Crippen LogP contribution < -0.4 is 5.32 Å². The molecule has 5 nitrogen and oxygen atoms in total. The highest BCUT2D eigenvalue weighted by atomic mass is 32.1. The van der Waals surface area contributed by atoms with Crippen molar-refractivity contribution in [2.75, 3.05) is 0 Å². The number of carbonyl (C=O) groups is 2. The van der Waals surface area contributed by atoms with E-state index in [0.717, 1.165) is 16.1 Å². The third-order valence-corrected chi connectivity index (χ3v) is 4.78. The summed E-state index contributed by atoms with van der Waals surface area (Å²) in [5.74, 6) is -1.47. The topological polar surface area (TPSA) is 79.3 Å². The summed E-state index contributed by atoms with van der Waals surface area (Å²) in [6.45, 7) is 2.01. The van der Waals surface area contributed by atoms with Gasteiger partial charge in [-0.05, 0) is 18.6 Å². The minimum absolute atomic E-state index is 0.0406. The van der Waals surface area contributed by atoms with E-state index in [1.807, 2.05) is 36.6 Å². The van der Waals surface area contributed by atoms with E-state index in [1.165, 1.54) is 11.3 Å². The first-order valence-corrected chi connectivity index (χ1v) is 8.99. The van der Waals surface area contributed by atoms with Crippen LogP contribution in [0.4, 0.5) is 0 Å². The molecule has 3 aromatic rings. The second-order valence-corrected chi connectivity index (χ2v) is 6.80. The molecule has 1 aromatic heterocycles. The number of amides is 1. The fourth-order valence-corrected chi connectivity index (χ4v) is 3.43. The number of thiazole rings is 1. The fraction of sp³-hybridized carbons (Fsp3) is 0.150. The number of carboxylic acids is 1. The Balaban J connectivity index is 1.69. The fourth-order valence-electron chi connectivity index (χ4n) is 2.61. The number of carboxylic acid groups (broad SMARTS) is 1. The molecule has 2 N–H and O–H groups in total. The molecule has 0 aliphatic heterocycles. The number of benzene rings is 2. The lowest BCUT2D eigenvalue weighted by molar-refractivity contribution is -0.142. The van der Waals surface area contributed by atoms with E-state index in [9.17, 15) is 14.7 Å². The minimum Gasteiger partial charge on any atom is -0.479 e. The highest BCUT2D eigenvalue weighted by Crippen LogP contribution is 2.24. The van der Waals surface area contributed by atoms with E-state index in [2.05, 4.69) is 10.3 Å². The lowest BCUT2D eigenvalue weighted by Gasteiger charge is -2.14. The highest BCUT2D eigenvalue weighted by molar-refractivity contribution is 7.13. The van der Waals surface area contributed by atoms with E-state index in [1.54, 1.807) is 30.3 Å². The van der Waals surface area contributed by atoms with Gasteiger partial charge in [-0.3, -0.25) is 4.79 Å². The Hall–Kier alpha value is -2.99. The molecule has 0 fully saturated rings. The number of aromatic nitrogens is 1. The zero-order valence-electron chi connectivity index (χ0n) is 14.2. The van der Waals surface area contributed by atoms with Gasteiger partial charge in [-0.15, -0.1) is 11.3 Å². The molecule has 0 unspecified atom stereocenters. The van der Waals surface area contributed by atoms with Crippen LogP contribution in [0.5, 0.6) is 0 Å². The maximum absolute atomic E-state index is 12.3. The molecule has 1 amide bonds.